The summed E-state index contributed by atoms with van der Waals surface area (Å²) in [5.74, 6) is 4.97. The molecule has 0 saturated carbocycles. The van der Waals surface area contributed by atoms with Gasteiger partial charge in [0.05, 0.1) is 37.1 Å². The van der Waals surface area contributed by atoms with Gasteiger partial charge in [0.2, 0.25) is 0 Å². The molecule has 0 nitrogen and oxygen atoms in total. The van der Waals surface area contributed by atoms with Crippen molar-refractivity contribution in [2.45, 2.75) is 38.0 Å². The average molecular weight is 1070 g/mol. The summed E-state index contributed by atoms with van der Waals surface area (Å²) in [4.78, 5) is 0. The Morgan fingerprint density at radius 3 is 0.864 bits per heavy atom. The van der Waals surface area contributed by atoms with Gasteiger partial charge in [0.15, 0.2) is 0 Å². The van der Waals surface area contributed by atoms with Gasteiger partial charge < -0.3 is 12.8 Å². The van der Waals surface area contributed by atoms with Crippen molar-refractivity contribution in [3.05, 3.63) is 254 Å². The monoisotopic (exact) mass is 1070 g/mol. The van der Waals surface area contributed by atoms with E-state index >= 15 is 0 Å². The van der Waals surface area contributed by atoms with Crippen molar-refractivity contribution in [2.24, 2.45) is 0 Å². The molecule has 0 N–H and O–H groups in total. The first-order valence-corrected chi connectivity index (χ1v) is 24.9. The molecule has 66 heavy (non-hydrogen) atoms. The predicted octanol–water partition coefficient (Wildman–Crippen LogP) is 14.1. The van der Waals surface area contributed by atoms with Crippen molar-refractivity contribution in [1.29, 1.82) is 0 Å². The van der Waals surface area contributed by atoms with Gasteiger partial charge in [0.25, 0.3) is 0 Å². The minimum absolute atomic E-state index is 0. The topological polar surface area (TPSA) is 0 Å². The molecular formula is C62H52Ag2P2+2. The largest absolute Gasteiger partial charge is 1.00 e. The molecule has 10 aromatic carbocycles. The normalized spacial score (nSPS) is 11.0. The van der Waals surface area contributed by atoms with E-state index < -0.39 is 15.8 Å². The van der Waals surface area contributed by atoms with Gasteiger partial charge in [-0.05, 0) is 109 Å². The Kier molecular flexibility index (Phi) is 17.4. The van der Waals surface area contributed by atoms with Crippen LogP contribution in [-0.4, -0.2) is 10.3 Å². The third-order valence-corrected chi connectivity index (χ3v) is 20.5. The maximum Gasteiger partial charge on any atom is 1.00 e. The van der Waals surface area contributed by atoms with Gasteiger partial charge in [-0.3, -0.25) is 11.8 Å². The second-order valence-electron chi connectivity index (χ2n) is 17.1. The molecule has 0 spiro atoms. The first-order valence-electron chi connectivity index (χ1n) is 21.9. The molecule has 0 heterocycles. The van der Waals surface area contributed by atoms with E-state index in [0.29, 0.717) is 0 Å². The number of rotatable bonds is 7. The third-order valence-electron chi connectivity index (χ3n) is 12.9. The molecular weight excluding hydrogens is 1020 g/mol. The van der Waals surface area contributed by atoms with E-state index in [2.05, 4.69) is 222 Å². The minimum Gasteiger partial charge on any atom is -0.366 e. The summed E-state index contributed by atoms with van der Waals surface area (Å²) in [6.07, 6.45) is 14.6. The maximum atomic E-state index is 7.28. The first-order chi connectivity index (χ1) is 31.2. The van der Waals surface area contributed by atoms with Crippen LogP contribution in [0.1, 0.15) is 38.8 Å². The second-order valence-corrected chi connectivity index (χ2v) is 23.4. The van der Waals surface area contributed by atoms with Gasteiger partial charge in [-0.25, -0.2) is 0 Å². The quantitative estimate of drug-likeness (QED) is 0.0491. The van der Waals surface area contributed by atoms with Crippen LogP contribution in [0.4, 0.5) is 0 Å². The van der Waals surface area contributed by atoms with Crippen LogP contribution in [0, 0.1) is 24.7 Å². The van der Waals surface area contributed by atoms with E-state index in [0.717, 1.165) is 21.9 Å². The maximum absolute atomic E-state index is 7.28. The van der Waals surface area contributed by atoms with E-state index in [4.69, 9.17) is 12.8 Å². The molecule has 0 unspecified atom stereocenters. The fraction of sp³-hybridized carbons (Fsp3) is 0.0968. The Bertz CT molecular complexity index is 2940. The Labute approximate surface area is 425 Å². The van der Waals surface area contributed by atoms with Gasteiger partial charge in [-0.2, -0.15) is 0 Å². The molecule has 10 rings (SSSR count). The second kappa shape index (κ2) is 22.9. The minimum atomic E-state index is -1.07. The van der Waals surface area contributed by atoms with Gasteiger partial charge in [-0.1, -0.05) is 181 Å². The van der Waals surface area contributed by atoms with Crippen LogP contribution in [0.3, 0.4) is 0 Å². The van der Waals surface area contributed by atoms with Gasteiger partial charge in [-0.15, -0.1) is 23.3 Å². The first kappa shape index (κ1) is 50.1. The van der Waals surface area contributed by atoms with Crippen molar-refractivity contribution in [2.75, 3.05) is 0 Å². The number of hydrogen-bond acceptors (Lipinski definition) is 0. The molecule has 0 fully saturated rings. The number of benzene rings is 10. The van der Waals surface area contributed by atoms with Crippen molar-refractivity contribution < 1.29 is 44.8 Å². The summed E-state index contributed by atoms with van der Waals surface area (Å²) >= 11 is 0. The molecule has 10 aromatic rings. The van der Waals surface area contributed by atoms with Crippen LogP contribution in [0.5, 0.6) is 0 Å². The van der Waals surface area contributed by atoms with Crippen LogP contribution in [0.25, 0.3) is 43.1 Å². The van der Waals surface area contributed by atoms with Crippen LogP contribution in [-0.2, 0) is 44.8 Å². The van der Waals surface area contributed by atoms with E-state index in [1.54, 1.807) is 0 Å². The van der Waals surface area contributed by atoms with Crippen molar-refractivity contribution in [3.63, 3.8) is 0 Å². The smallest absolute Gasteiger partial charge is 0.366 e. The van der Waals surface area contributed by atoms with Crippen LogP contribution in [0.2, 0.25) is 0 Å². The van der Waals surface area contributed by atoms with Crippen LogP contribution < -0.4 is 21.2 Å². The van der Waals surface area contributed by atoms with Crippen molar-refractivity contribution in [1.82, 2.24) is 0 Å². The third kappa shape index (κ3) is 10.6. The summed E-state index contributed by atoms with van der Waals surface area (Å²) in [6, 6.07) is 81.8. The Morgan fingerprint density at radius 1 is 0.288 bits per heavy atom. The molecule has 4 heteroatoms. The zero-order chi connectivity index (χ0) is 44.5. The van der Waals surface area contributed by atoms with E-state index in [-0.39, 0.29) is 55.1 Å². The molecule has 0 aliphatic heterocycles. The molecule has 0 aliphatic carbocycles. The molecule has 330 valence electrons. The Balaban J connectivity index is 0.000000177. The summed E-state index contributed by atoms with van der Waals surface area (Å²) in [7, 11) is -2.13. The van der Waals surface area contributed by atoms with Crippen LogP contribution in [0.15, 0.2) is 231 Å². The predicted molar refractivity (Wildman–Crippen MR) is 284 cm³/mol. The summed E-state index contributed by atoms with van der Waals surface area (Å²) in [5.41, 5.74) is 1.70. The van der Waals surface area contributed by atoms with Gasteiger partial charge in [0.1, 0.15) is 10.3 Å². The Hall–Kier alpha value is -5.30. The van der Waals surface area contributed by atoms with Gasteiger partial charge >= 0.3 is 44.8 Å². The molecule has 0 bridgehead atoms. The number of hydrogen-bond donors (Lipinski definition) is 0. The fourth-order valence-corrected chi connectivity index (χ4v) is 16.8. The SMILES string of the molecule is CC(C)([PH+](c1ccccc1)c1ccccc1)C(C)(C)[PH+](c1ccccc1)c1ccccc1.[Ag+].[Ag+].[C-]#Cc1cccc2c1ccc1ccccc12.[C-]#Cc1cccc2c1ccc1ccccc12. The Morgan fingerprint density at radius 2 is 0.561 bits per heavy atom. The fourth-order valence-electron chi connectivity index (χ4n) is 9.12. The average Bonchev–Trinajstić information content (AvgIpc) is 3.35. The molecule has 0 radical (unpaired) electrons. The van der Waals surface area contributed by atoms with E-state index in [1.165, 1.54) is 53.5 Å². The van der Waals surface area contributed by atoms with E-state index in [9.17, 15) is 0 Å². The summed E-state index contributed by atoms with van der Waals surface area (Å²) in [5, 5.41) is 15.7. The molecule has 0 aromatic heterocycles. The van der Waals surface area contributed by atoms with Crippen LogP contribution >= 0.6 is 15.8 Å². The number of fused-ring (bicyclic) bond motifs is 6. The zero-order valence-electron chi connectivity index (χ0n) is 37.5. The summed E-state index contributed by atoms with van der Waals surface area (Å²) < 4.78 is 0. The molecule has 0 aliphatic rings. The summed E-state index contributed by atoms with van der Waals surface area (Å²) in [6.45, 7) is 10.1. The standard InChI is InChI=1S/C30H32P2.2C16H9.2Ag/c1-29(2,31(25-17-9-5-10-18-25)26-19-11-6-12-20-26)30(3,4)32(27-21-13-7-14-22-27)28-23-15-8-16-24-28;2*1-2-12-7-5-9-16-14-8-4-3-6-13(14)10-11-15(12)16;;/h5-24H,1-4H3;2*3-11H;;/q;2*-1;2*+1/p+2. The zero-order valence-corrected chi connectivity index (χ0v) is 42.5. The van der Waals surface area contributed by atoms with Crippen molar-refractivity contribution >= 4 is 80.2 Å². The molecule has 0 saturated heterocycles. The molecule has 0 amide bonds. The van der Waals surface area contributed by atoms with Crippen molar-refractivity contribution in [3.8, 4) is 11.8 Å². The van der Waals surface area contributed by atoms with E-state index in [1.807, 2.05) is 48.5 Å². The molecule has 0 atom stereocenters. The van der Waals surface area contributed by atoms with Gasteiger partial charge in [0, 0.05) is 0 Å².